The van der Waals surface area contributed by atoms with Crippen LogP contribution in [0.2, 0.25) is 0 Å². The molecule has 1 saturated carbocycles. The summed E-state index contributed by atoms with van der Waals surface area (Å²) in [7, 11) is -0.0153. The van der Waals surface area contributed by atoms with Crippen molar-refractivity contribution in [1.82, 2.24) is 9.62 Å². The molecule has 7 heteroatoms. The van der Waals surface area contributed by atoms with Crippen molar-refractivity contribution in [3.63, 3.8) is 0 Å². The van der Waals surface area contributed by atoms with Gasteiger partial charge in [-0.1, -0.05) is 51.3 Å². The van der Waals surface area contributed by atoms with Crippen LogP contribution in [0.1, 0.15) is 65.2 Å². The minimum absolute atomic E-state index is 0.0829. The van der Waals surface area contributed by atoms with Crippen LogP contribution in [-0.4, -0.2) is 52.4 Å². The predicted molar refractivity (Wildman–Crippen MR) is 121 cm³/mol. The van der Waals surface area contributed by atoms with E-state index < -0.39 is 22.2 Å². The smallest absolute Gasteiger partial charge is 0.335 e. The first-order valence-corrected chi connectivity index (χ1v) is 12.7. The van der Waals surface area contributed by atoms with E-state index in [1.165, 1.54) is 39.2 Å². The number of piperidine rings is 1. The molecule has 2 fully saturated rings. The van der Waals surface area contributed by atoms with Gasteiger partial charge in [0.25, 0.3) is 0 Å². The van der Waals surface area contributed by atoms with E-state index in [4.69, 9.17) is 4.74 Å². The molecule has 1 heterocycles. The Labute approximate surface area is 184 Å². The quantitative estimate of drug-likeness (QED) is 0.644. The first-order chi connectivity index (χ1) is 14.6. The number of hydrogen-bond donors (Lipinski definition) is 1. The molecule has 30 heavy (non-hydrogen) atoms. The summed E-state index contributed by atoms with van der Waals surface area (Å²) in [5.74, 6) is 0.125. The van der Waals surface area contributed by atoms with E-state index in [1.807, 2.05) is 24.2 Å². The summed E-state index contributed by atoms with van der Waals surface area (Å²) < 4.78 is 19.9. The molecule has 1 aliphatic heterocycles. The third-order valence-corrected chi connectivity index (χ3v) is 7.85. The highest BCUT2D eigenvalue weighted by atomic mass is 32.2. The third-order valence-electron chi connectivity index (χ3n) is 6.07. The predicted octanol–water partition coefficient (Wildman–Crippen LogP) is 3.51. The maximum absolute atomic E-state index is 13.2. The van der Waals surface area contributed by atoms with Gasteiger partial charge in [-0.25, -0.2) is 13.3 Å². The van der Waals surface area contributed by atoms with Gasteiger partial charge in [0.2, 0.25) is 5.91 Å². The number of methoxy groups -OCH3 is 1. The van der Waals surface area contributed by atoms with Gasteiger partial charge in [-0.3, -0.25) is 4.79 Å². The second-order valence-corrected chi connectivity index (χ2v) is 9.66. The average molecular weight is 439 g/mol. The molecule has 3 unspecified atom stereocenters. The van der Waals surface area contributed by atoms with E-state index in [1.54, 1.807) is 12.2 Å². The molecule has 1 saturated heterocycles. The third kappa shape index (κ3) is 6.77. The second-order valence-electron chi connectivity index (χ2n) is 8.02. The molecule has 170 valence electrons. The molecule has 0 aromatic heterocycles. The number of rotatable bonds is 6. The number of ether oxygens (including phenoxy) is 1. The summed E-state index contributed by atoms with van der Waals surface area (Å²) in [6.45, 7) is 5.94. The summed E-state index contributed by atoms with van der Waals surface area (Å²) in [6.07, 6.45) is 13.9. The fourth-order valence-corrected chi connectivity index (χ4v) is 6.06. The fourth-order valence-electron chi connectivity index (χ4n) is 4.40. The topological polar surface area (TPSA) is 75.7 Å². The molecule has 1 N–H and O–H groups in total. The molecule has 0 radical (unpaired) electrons. The molecule has 3 aliphatic rings. The van der Waals surface area contributed by atoms with Crippen molar-refractivity contribution < 1.29 is 18.5 Å². The van der Waals surface area contributed by atoms with Gasteiger partial charge < -0.3 is 10.1 Å². The van der Waals surface area contributed by atoms with Crippen LogP contribution in [0.15, 0.2) is 23.8 Å². The molecule has 3 atom stereocenters. The lowest BCUT2D eigenvalue weighted by Gasteiger charge is -2.34. The molecule has 3 rings (SSSR count). The zero-order chi connectivity index (χ0) is 21.9. The normalized spacial score (nSPS) is 26.0. The molecule has 0 aromatic carbocycles. The van der Waals surface area contributed by atoms with E-state index in [0.717, 1.165) is 19.4 Å². The van der Waals surface area contributed by atoms with Crippen molar-refractivity contribution >= 4 is 22.9 Å². The van der Waals surface area contributed by atoms with Crippen molar-refractivity contribution in [3.8, 4) is 0 Å². The summed E-state index contributed by atoms with van der Waals surface area (Å²) in [5.41, 5.74) is 0.451. The van der Waals surface area contributed by atoms with Crippen LogP contribution in [0.25, 0.3) is 0 Å². The van der Waals surface area contributed by atoms with E-state index >= 15 is 0 Å². The van der Waals surface area contributed by atoms with E-state index in [2.05, 4.69) is 5.32 Å². The van der Waals surface area contributed by atoms with Crippen LogP contribution >= 0.6 is 0 Å². The Morgan fingerprint density at radius 2 is 1.90 bits per heavy atom. The first kappa shape index (κ1) is 24.8. The number of amides is 1. The summed E-state index contributed by atoms with van der Waals surface area (Å²) in [4.78, 5) is 24.7. The monoisotopic (exact) mass is 438 g/mol. The molecular formula is C23H38N2O4S. The van der Waals surface area contributed by atoms with E-state index in [0.29, 0.717) is 31.0 Å². The van der Waals surface area contributed by atoms with Crippen LogP contribution in [0.5, 0.6) is 0 Å². The Bertz CT molecular complexity index is 656. The number of esters is 1. The molecule has 0 spiro atoms. The number of hydrogen-bond acceptors (Lipinski definition) is 4. The number of carbonyl (C=O) groups is 2. The first-order valence-electron chi connectivity index (χ1n) is 11.5. The zero-order valence-electron chi connectivity index (χ0n) is 18.7. The number of carbonyl (C=O) groups excluding carboxylic acids is 2. The van der Waals surface area contributed by atoms with E-state index in [-0.39, 0.29) is 11.8 Å². The maximum atomic E-state index is 13.2. The summed E-state index contributed by atoms with van der Waals surface area (Å²) in [5, 5.41) is 2.73. The van der Waals surface area contributed by atoms with Crippen LogP contribution in [0.3, 0.4) is 0 Å². The zero-order valence-corrected chi connectivity index (χ0v) is 19.5. The highest BCUT2D eigenvalue weighted by molar-refractivity contribution is 7.83. The number of allylic oxidation sites excluding steroid dienone is 3. The highest BCUT2D eigenvalue weighted by Crippen LogP contribution is 2.27. The molecule has 0 aromatic rings. The molecule has 1 amide bonds. The van der Waals surface area contributed by atoms with Crippen LogP contribution in [0.4, 0.5) is 0 Å². The fraction of sp³-hybridized carbons (Fsp3) is 0.739. The van der Waals surface area contributed by atoms with Crippen molar-refractivity contribution in [2.24, 2.45) is 11.8 Å². The Hall–Kier alpha value is -1.47. The van der Waals surface area contributed by atoms with Crippen molar-refractivity contribution in [2.75, 3.05) is 26.7 Å². The Balaban J connectivity index is 0.00000155. The van der Waals surface area contributed by atoms with Crippen molar-refractivity contribution in [2.45, 2.75) is 70.5 Å². The lowest BCUT2D eigenvalue weighted by molar-refractivity contribution is -0.136. The van der Waals surface area contributed by atoms with Gasteiger partial charge in [0, 0.05) is 19.6 Å². The number of nitrogens with one attached hydrogen (secondary N) is 1. The molecule has 6 nitrogen and oxygen atoms in total. The van der Waals surface area contributed by atoms with E-state index in [9.17, 15) is 13.8 Å². The molecular weight excluding hydrogens is 400 g/mol. The van der Waals surface area contributed by atoms with Crippen molar-refractivity contribution in [3.05, 3.63) is 23.8 Å². The van der Waals surface area contributed by atoms with Gasteiger partial charge in [0.15, 0.2) is 0 Å². The Kier molecular flexibility index (Phi) is 10.8. The standard InChI is InChI=1S/C21H32N2O4S.C2H6/c1-27-21(25)18-11-5-6-12-19(18)28(26)23-13-7-10-17(15-23)20(24)22-14-16-8-3-2-4-9-16;1-2/h5-6,11,16-17,19H,2-4,7-10,12-15H2,1H3,(H,22,24);1-2H3. The Morgan fingerprint density at radius 1 is 1.17 bits per heavy atom. The maximum Gasteiger partial charge on any atom is 0.335 e. The van der Waals surface area contributed by atoms with Crippen molar-refractivity contribution in [1.29, 1.82) is 0 Å². The largest absolute Gasteiger partial charge is 0.466 e. The second kappa shape index (κ2) is 13.1. The van der Waals surface area contributed by atoms with Crippen LogP contribution in [-0.2, 0) is 25.3 Å². The van der Waals surface area contributed by atoms with Gasteiger partial charge in [-0.05, 0) is 38.0 Å². The van der Waals surface area contributed by atoms with Gasteiger partial charge in [-0.15, -0.1) is 0 Å². The van der Waals surface area contributed by atoms with Gasteiger partial charge in [-0.2, -0.15) is 0 Å². The van der Waals surface area contributed by atoms with Gasteiger partial charge >= 0.3 is 5.97 Å². The lowest BCUT2D eigenvalue weighted by Crippen LogP contribution is -2.47. The molecule has 0 bridgehead atoms. The SMILES string of the molecule is CC.COC(=O)C1=CC=CCC1S(=O)N1CCCC(C(=O)NCC2CCCCC2)C1. The minimum Gasteiger partial charge on any atom is -0.466 e. The number of nitrogens with zero attached hydrogens (tertiary/aromatic N) is 1. The van der Waals surface area contributed by atoms with Gasteiger partial charge in [0.1, 0.15) is 11.0 Å². The lowest BCUT2D eigenvalue weighted by atomic mass is 9.89. The van der Waals surface area contributed by atoms with Crippen LogP contribution < -0.4 is 5.32 Å². The molecule has 2 aliphatic carbocycles. The Morgan fingerprint density at radius 3 is 2.60 bits per heavy atom. The minimum atomic E-state index is -1.36. The van der Waals surface area contributed by atoms with Gasteiger partial charge in [0.05, 0.1) is 23.9 Å². The highest BCUT2D eigenvalue weighted by Gasteiger charge is 2.35. The van der Waals surface area contributed by atoms with Crippen LogP contribution in [0, 0.1) is 11.8 Å². The average Bonchev–Trinajstić information content (AvgIpc) is 2.83. The summed E-state index contributed by atoms with van der Waals surface area (Å²) >= 11 is 0. The summed E-state index contributed by atoms with van der Waals surface area (Å²) in [6, 6.07) is 0.